The second-order valence-electron chi connectivity index (χ2n) is 4.44. The minimum atomic E-state index is -1.31. The first-order valence-corrected chi connectivity index (χ1v) is 8.01. The number of hydrogen-bond donors (Lipinski definition) is 2. The lowest BCUT2D eigenvalue weighted by atomic mass is 10.1. The minimum Gasteiger partial charge on any atom is -0.478 e. The van der Waals surface area contributed by atoms with Gasteiger partial charge in [0.05, 0.1) is 21.2 Å². The molecule has 1 aromatic carbocycles. The van der Waals surface area contributed by atoms with Crippen molar-refractivity contribution in [3.63, 3.8) is 0 Å². The van der Waals surface area contributed by atoms with Gasteiger partial charge < -0.3 is 10.4 Å². The molecule has 9 heteroatoms. The molecule has 0 bridgehead atoms. The summed E-state index contributed by atoms with van der Waals surface area (Å²) in [7, 11) is -0.976. The van der Waals surface area contributed by atoms with E-state index in [4.69, 9.17) is 16.7 Å². The summed E-state index contributed by atoms with van der Waals surface area (Å²) in [6.07, 6.45) is 2.14. The molecule has 0 fully saturated rings. The Hall–Kier alpha value is -1.67. The maximum Gasteiger partial charge on any atom is 0.338 e. The SMILES string of the molecule is CC(CCNc1c(Cl)cc([N+](=O)[O-])cc1C(=O)O)S(C)=O. The fourth-order valence-corrected chi connectivity index (χ4v) is 2.34. The van der Waals surface area contributed by atoms with Gasteiger partial charge in [-0.25, -0.2) is 4.79 Å². The highest BCUT2D eigenvalue weighted by Gasteiger charge is 2.20. The van der Waals surface area contributed by atoms with E-state index in [-0.39, 0.29) is 27.2 Å². The maximum atomic E-state index is 11.2. The Kier molecular flexibility index (Phi) is 6.10. The number of carbonyl (C=O) groups is 1. The van der Waals surface area contributed by atoms with Crippen LogP contribution >= 0.6 is 11.6 Å². The molecule has 2 atom stereocenters. The van der Waals surface area contributed by atoms with E-state index >= 15 is 0 Å². The lowest BCUT2D eigenvalue weighted by Crippen LogP contribution is -2.16. The summed E-state index contributed by atoms with van der Waals surface area (Å²) in [5.74, 6) is -1.31. The first-order valence-electron chi connectivity index (χ1n) is 6.01. The Morgan fingerprint density at radius 3 is 2.67 bits per heavy atom. The first kappa shape index (κ1) is 17.4. The predicted molar refractivity (Wildman–Crippen MR) is 81.7 cm³/mol. The molecule has 2 unspecified atom stereocenters. The highest BCUT2D eigenvalue weighted by atomic mass is 35.5. The summed E-state index contributed by atoms with van der Waals surface area (Å²) in [6, 6.07) is 2.05. The van der Waals surface area contributed by atoms with Crippen LogP contribution in [0.15, 0.2) is 12.1 Å². The summed E-state index contributed by atoms with van der Waals surface area (Å²) in [5.41, 5.74) is -0.519. The summed E-state index contributed by atoms with van der Waals surface area (Å²) in [4.78, 5) is 21.2. The van der Waals surface area contributed by atoms with E-state index < -0.39 is 21.7 Å². The van der Waals surface area contributed by atoms with Gasteiger partial charge in [-0.15, -0.1) is 0 Å². The molecular formula is C12H15ClN2O5S. The molecule has 0 spiro atoms. The van der Waals surface area contributed by atoms with Crippen LogP contribution in [0, 0.1) is 10.1 Å². The number of nitro benzene ring substituents is 1. The van der Waals surface area contributed by atoms with Crippen molar-refractivity contribution in [2.45, 2.75) is 18.6 Å². The molecule has 0 amide bonds. The fourth-order valence-electron chi connectivity index (χ4n) is 1.61. The van der Waals surface area contributed by atoms with Gasteiger partial charge in [-0.3, -0.25) is 14.3 Å². The number of rotatable bonds is 7. The second kappa shape index (κ2) is 7.37. The van der Waals surface area contributed by atoms with Gasteiger partial charge in [-0.2, -0.15) is 0 Å². The second-order valence-corrected chi connectivity index (χ2v) is 6.65. The van der Waals surface area contributed by atoms with Crippen molar-refractivity contribution >= 4 is 39.7 Å². The molecule has 0 aromatic heterocycles. The molecule has 0 saturated carbocycles. The molecule has 21 heavy (non-hydrogen) atoms. The number of anilines is 1. The van der Waals surface area contributed by atoms with E-state index in [0.717, 1.165) is 12.1 Å². The largest absolute Gasteiger partial charge is 0.478 e. The van der Waals surface area contributed by atoms with Gasteiger partial charge in [-0.1, -0.05) is 18.5 Å². The Balaban J connectivity index is 2.98. The maximum absolute atomic E-state index is 11.2. The average molecular weight is 335 g/mol. The van der Waals surface area contributed by atoms with Gasteiger partial charge in [0, 0.05) is 41.0 Å². The molecule has 0 saturated heterocycles. The number of nitrogens with zero attached hydrogens (tertiary/aromatic N) is 1. The van der Waals surface area contributed by atoms with Crippen LogP contribution in [-0.4, -0.2) is 38.3 Å². The van der Waals surface area contributed by atoms with Gasteiger partial charge >= 0.3 is 5.97 Å². The van der Waals surface area contributed by atoms with E-state index in [1.807, 2.05) is 6.92 Å². The van der Waals surface area contributed by atoms with Gasteiger partial charge in [0.25, 0.3) is 5.69 Å². The molecule has 0 aliphatic rings. The van der Waals surface area contributed by atoms with Crippen LogP contribution in [0.4, 0.5) is 11.4 Å². The zero-order valence-corrected chi connectivity index (χ0v) is 13.0. The minimum absolute atomic E-state index is 0.0353. The van der Waals surface area contributed by atoms with Crippen molar-refractivity contribution in [3.8, 4) is 0 Å². The van der Waals surface area contributed by atoms with Crippen molar-refractivity contribution in [3.05, 3.63) is 32.8 Å². The number of carboxylic acid groups (broad SMARTS) is 1. The summed E-state index contributed by atoms with van der Waals surface area (Å²) in [6.45, 7) is 2.17. The van der Waals surface area contributed by atoms with Crippen molar-refractivity contribution in [2.75, 3.05) is 18.1 Å². The zero-order chi connectivity index (χ0) is 16.2. The number of non-ortho nitro benzene ring substituents is 1. The quantitative estimate of drug-likeness (QED) is 0.585. The lowest BCUT2D eigenvalue weighted by Gasteiger charge is -2.13. The predicted octanol–water partition coefficient (Wildman–Crippen LogP) is 2.52. The third-order valence-electron chi connectivity index (χ3n) is 2.94. The van der Waals surface area contributed by atoms with Gasteiger partial charge in [0.2, 0.25) is 0 Å². The third kappa shape index (κ3) is 4.68. The molecular weight excluding hydrogens is 320 g/mol. The number of aromatic carboxylic acids is 1. The number of benzene rings is 1. The number of nitrogens with one attached hydrogen (secondary N) is 1. The molecule has 116 valence electrons. The van der Waals surface area contributed by atoms with E-state index in [2.05, 4.69) is 5.32 Å². The molecule has 0 aliphatic heterocycles. The summed E-state index contributed by atoms with van der Waals surface area (Å²) >= 11 is 5.91. The summed E-state index contributed by atoms with van der Waals surface area (Å²) in [5, 5.41) is 22.6. The molecule has 2 N–H and O–H groups in total. The van der Waals surface area contributed by atoms with E-state index in [0.29, 0.717) is 13.0 Å². The molecule has 0 radical (unpaired) electrons. The normalized spacial score (nSPS) is 13.5. The highest BCUT2D eigenvalue weighted by Crippen LogP contribution is 2.31. The van der Waals surface area contributed by atoms with Crippen molar-refractivity contribution in [1.29, 1.82) is 0 Å². The van der Waals surface area contributed by atoms with Crippen LogP contribution < -0.4 is 5.32 Å². The third-order valence-corrected chi connectivity index (χ3v) is 4.60. The van der Waals surface area contributed by atoms with Gasteiger partial charge in [0.15, 0.2) is 0 Å². The number of halogens is 1. The lowest BCUT2D eigenvalue weighted by molar-refractivity contribution is -0.384. The van der Waals surface area contributed by atoms with Crippen molar-refractivity contribution < 1.29 is 19.0 Å². The standard InChI is InChI=1S/C12H15ClN2O5S/c1-7(21(2)20)3-4-14-11-9(12(16)17)5-8(15(18)19)6-10(11)13/h5-7,14H,3-4H2,1-2H3,(H,16,17). The Morgan fingerprint density at radius 2 is 2.19 bits per heavy atom. The first-order chi connectivity index (χ1) is 9.73. The Labute approximate surface area is 128 Å². The summed E-state index contributed by atoms with van der Waals surface area (Å²) < 4.78 is 11.2. The molecule has 7 nitrogen and oxygen atoms in total. The topological polar surface area (TPSA) is 110 Å². The zero-order valence-electron chi connectivity index (χ0n) is 11.5. The Morgan fingerprint density at radius 1 is 1.57 bits per heavy atom. The van der Waals surface area contributed by atoms with Gasteiger partial charge in [0.1, 0.15) is 0 Å². The van der Waals surface area contributed by atoms with Crippen molar-refractivity contribution in [1.82, 2.24) is 0 Å². The van der Waals surface area contributed by atoms with Crippen LogP contribution in [0.25, 0.3) is 0 Å². The van der Waals surface area contributed by atoms with Crippen LogP contribution in [0.2, 0.25) is 5.02 Å². The molecule has 1 rings (SSSR count). The van der Waals surface area contributed by atoms with E-state index in [1.54, 1.807) is 6.26 Å². The van der Waals surface area contributed by atoms with Crippen LogP contribution in [-0.2, 0) is 10.8 Å². The van der Waals surface area contributed by atoms with E-state index in [9.17, 15) is 19.1 Å². The van der Waals surface area contributed by atoms with E-state index in [1.165, 1.54) is 0 Å². The smallest absolute Gasteiger partial charge is 0.338 e. The highest BCUT2D eigenvalue weighted by molar-refractivity contribution is 7.84. The Bertz CT molecular complexity index is 593. The monoisotopic (exact) mass is 334 g/mol. The fraction of sp³-hybridized carbons (Fsp3) is 0.417. The van der Waals surface area contributed by atoms with Crippen LogP contribution in [0.3, 0.4) is 0 Å². The van der Waals surface area contributed by atoms with Crippen LogP contribution in [0.1, 0.15) is 23.7 Å². The average Bonchev–Trinajstić information content (AvgIpc) is 2.39. The number of nitro groups is 1. The molecule has 0 aliphatic carbocycles. The van der Waals surface area contributed by atoms with Gasteiger partial charge in [-0.05, 0) is 6.42 Å². The molecule has 0 heterocycles. The van der Waals surface area contributed by atoms with Crippen LogP contribution in [0.5, 0.6) is 0 Å². The number of carboxylic acids is 1. The van der Waals surface area contributed by atoms with Crippen molar-refractivity contribution in [2.24, 2.45) is 0 Å². The number of hydrogen-bond acceptors (Lipinski definition) is 5. The molecule has 1 aromatic rings.